The molecule has 2 bridgehead atoms. The van der Waals surface area contributed by atoms with Crippen LogP contribution in [0.2, 0.25) is 0 Å². The molecule has 11 heteroatoms. The fraction of sp³-hybridized carbons (Fsp3) is 0.333. The van der Waals surface area contributed by atoms with E-state index in [9.17, 15) is 30.7 Å². The van der Waals surface area contributed by atoms with E-state index in [1.807, 2.05) is 30.3 Å². The number of fused-ring (bicyclic) bond motifs is 2. The van der Waals surface area contributed by atoms with Crippen molar-refractivity contribution in [3.63, 3.8) is 0 Å². The molecule has 2 heterocycles. The highest BCUT2D eigenvalue weighted by molar-refractivity contribution is 5.35. The second-order valence-corrected chi connectivity index (χ2v) is 9.47. The number of alkyl halides is 6. The highest BCUT2D eigenvalue weighted by Crippen LogP contribution is 2.48. The van der Waals surface area contributed by atoms with Gasteiger partial charge >= 0.3 is 12.4 Å². The zero-order valence-corrected chi connectivity index (χ0v) is 21.9. The predicted molar refractivity (Wildman–Crippen MR) is 119 cm³/mol. The summed E-state index contributed by atoms with van der Waals surface area (Å²) in [6.07, 6.45) is -12.0. The van der Waals surface area contributed by atoms with Crippen LogP contribution in [0.5, 0.6) is 0 Å². The monoisotopic (exact) mass is 653 g/mol. The van der Waals surface area contributed by atoms with Crippen molar-refractivity contribution < 1.29 is 68.7 Å². The van der Waals surface area contributed by atoms with Gasteiger partial charge in [0.1, 0.15) is 31.6 Å². The molecule has 0 N–H and O–H groups in total. The zero-order chi connectivity index (χ0) is 26.4. The van der Waals surface area contributed by atoms with Gasteiger partial charge in [0.2, 0.25) is 6.29 Å². The summed E-state index contributed by atoms with van der Waals surface area (Å²) >= 11 is 0. The minimum Gasteiger partial charge on any atom is -1.00 e. The van der Waals surface area contributed by atoms with Crippen LogP contribution in [0, 0.1) is 5.82 Å². The lowest BCUT2D eigenvalue weighted by Crippen LogP contribution is -3.00. The summed E-state index contributed by atoms with van der Waals surface area (Å²) in [5.41, 5.74) is -1.35. The van der Waals surface area contributed by atoms with Crippen LogP contribution in [-0.4, -0.2) is 30.5 Å². The number of morpholine rings is 2. The van der Waals surface area contributed by atoms with Crippen LogP contribution in [0.15, 0.2) is 72.8 Å². The van der Waals surface area contributed by atoms with E-state index < -0.39 is 47.7 Å². The maximum Gasteiger partial charge on any atom is 0.416 e. The molecule has 2 aliphatic heterocycles. The molecule has 4 atom stereocenters. The topological polar surface area (TPSA) is 18.5 Å². The Labute approximate surface area is 231 Å². The lowest BCUT2D eigenvalue weighted by atomic mass is 9.92. The lowest BCUT2D eigenvalue weighted by molar-refractivity contribution is -0.997. The van der Waals surface area contributed by atoms with Gasteiger partial charge in [-0.3, -0.25) is 0 Å². The first-order valence-electron chi connectivity index (χ1n) is 11.7. The Morgan fingerprint density at radius 3 is 1.97 bits per heavy atom. The van der Waals surface area contributed by atoms with Crippen LogP contribution in [-0.2, 0) is 28.4 Å². The highest BCUT2D eigenvalue weighted by Gasteiger charge is 2.54. The Morgan fingerprint density at radius 2 is 1.39 bits per heavy atom. The van der Waals surface area contributed by atoms with E-state index in [1.54, 1.807) is 12.1 Å². The third-order valence-corrected chi connectivity index (χ3v) is 7.03. The summed E-state index contributed by atoms with van der Waals surface area (Å²) in [5, 5.41) is 0. The molecule has 0 aliphatic carbocycles. The van der Waals surface area contributed by atoms with Gasteiger partial charge in [-0.1, -0.05) is 30.3 Å². The predicted octanol–water partition coefficient (Wildman–Crippen LogP) is 4.05. The van der Waals surface area contributed by atoms with Crippen molar-refractivity contribution in [3.8, 4) is 0 Å². The number of ether oxygens (including phenoxy) is 2. The minimum absolute atomic E-state index is 0. The van der Waals surface area contributed by atoms with Crippen molar-refractivity contribution in [1.82, 2.24) is 0 Å². The molecule has 0 saturated carbocycles. The van der Waals surface area contributed by atoms with Crippen molar-refractivity contribution in [2.75, 3.05) is 19.7 Å². The van der Waals surface area contributed by atoms with Gasteiger partial charge in [0.25, 0.3) is 0 Å². The number of nitrogens with zero attached hydrogens (tertiary/aromatic N) is 1. The maximum absolute atomic E-state index is 13.7. The van der Waals surface area contributed by atoms with E-state index in [0.29, 0.717) is 30.8 Å². The van der Waals surface area contributed by atoms with Crippen molar-refractivity contribution in [3.05, 3.63) is 106 Å². The molecule has 2 saturated heterocycles. The van der Waals surface area contributed by atoms with E-state index in [1.165, 1.54) is 12.1 Å². The average Bonchev–Trinajstić information content (AvgIpc) is 2.83. The number of hydrogen-bond acceptors (Lipinski definition) is 2. The first kappa shape index (κ1) is 28.8. The number of quaternary nitrogens is 1. The molecule has 0 aromatic heterocycles. The Bertz CT molecular complexity index is 1220. The van der Waals surface area contributed by atoms with Crippen LogP contribution >= 0.6 is 0 Å². The fourth-order valence-corrected chi connectivity index (χ4v) is 5.36. The molecule has 2 unspecified atom stereocenters. The Morgan fingerprint density at radius 1 is 0.789 bits per heavy atom. The first-order valence-corrected chi connectivity index (χ1v) is 11.7. The van der Waals surface area contributed by atoms with Crippen LogP contribution < -0.4 is 24.0 Å². The van der Waals surface area contributed by atoms with Gasteiger partial charge in [-0.05, 0) is 48.0 Å². The number of halogens is 8. The van der Waals surface area contributed by atoms with Crippen molar-refractivity contribution >= 4 is 0 Å². The molecule has 5 rings (SSSR count). The molecule has 0 radical (unpaired) electrons. The first-order chi connectivity index (χ1) is 17.4. The van der Waals surface area contributed by atoms with Crippen molar-refractivity contribution in [1.29, 1.82) is 0 Å². The number of hydrogen-bond donors (Lipinski definition) is 0. The molecule has 2 aliphatic rings. The lowest BCUT2D eigenvalue weighted by Gasteiger charge is -2.55. The Balaban J connectivity index is 0.00000336. The van der Waals surface area contributed by atoms with Crippen LogP contribution in [0.3, 0.4) is 0 Å². The maximum atomic E-state index is 13.7. The number of benzene rings is 3. The smallest absolute Gasteiger partial charge is 0.416 e. The van der Waals surface area contributed by atoms with Gasteiger partial charge < -0.3 is 37.9 Å². The third-order valence-electron chi connectivity index (χ3n) is 7.03. The van der Waals surface area contributed by atoms with E-state index >= 15 is 0 Å². The summed E-state index contributed by atoms with van der Waals surface area (Å²) in [5.74, 6) is -0.433. The standard InChI is InChI=1S/C27H23F7NO2.HI/c28-22-8-6-18(7-9-22)24-25-36-11-10-35(24,15-17-4-2-1-3-5-17)16-23(37-25)19-12-20(26(29,30)31)14-21(13-19)27(32,33)34;/h1-9,12-14,23-25H,10-11,15-16H2;1H/q+1;/p-1/t23?,24-,25+,35?;/m0./s1. The summed E-state index contributed by atoms with van der Waals surface area (Å²) in [4.78, 5) is 0. The van der Waals surface area contributed by atoms with Gasteiger partial charge in [-0.15, -0.1) is 0 Å². The molecule has 3 aromatic rings. The van der Waals surface area contributed by atoms with Crippen LogP contribution in [0.25, 0.3) is 0 Å². The Hall–Kier alpha value is -2.22. The summed E-state index contributed by atoms with van der Waals surface area (Å²) < 4.78 is 107. The molecule has 3 nitrogen and oxygen atoms in total. The summed E-state index contributed by atoms with van der Waals surface area (Å²) in [6.45, 7) is 1.28. The van der Waals surface area contributed by atoms with Gasteiger partial charge in [0.15, 0.2) is 6.04 Å². The fourth-order valence-electron chi connectivity index (χ4n) is 5.36. The zero-order valence-electron chi connectivity index (χ0n) is 19.8. The third kappa shape index (κ3) is 5.85. The summed E-state index contributed by atoms with van der Waals surface area (Å²) in [7, 11) is 0. The van der Waals surface area contributed by atoms with Crippen LogP contribution in [0.4, 0.5) is 30.7 Å². The molecule has 2 fully saturated rings. The molecule has 38 heavy (non-hydrogen) atoms. The van der Waals surface area contributed by atoms with E-state index in [2.05, 4.69) is 0 Å². The van der Waals surface area contributed by atoms with Crippen LogP contribution in [0.1, 0.15) is 40.0 Å². The average molecular weight is 653 g/mol. The van der Waals surface area contributed by atoms with Gasteiger partial charge in [0.05, 0.1) is 17.7 Å². The van der Waals surface area contributed by atoms with Gasteiger partial charge in [0, 0.05) is 11.1 Å². The molecule has 3 aromatic carbocycles. The quantitative estimate of drug-likeness (QED) is 0.241. The number of rotatable bonds is 4. The van der Waals surface area contributed by atoms with E-state index in [0.717, 1.165) is 5.56 Å². The molecular formula is C27H23F7INO2. The SMILES string of the molecule is Fc1ccc([C@H]2[C@@H]3OCC[N+]2(Cc2ccccc2)CC(c2cc(C(F)(F)F)cc(C(F)(F)F)c2)O3)cc1.[I-]. The van der Waals surface area contributed by atoms with Crippen molar-refractivity contribution in [2.24, 2.45) is 0 Å². The van der Waals surface area contributed by atoms with E-state index in [4.69, 9.17) is 9.47 Å². The highest BCUT2D eigenvalue weighted by atomic mass is 127. The largest absolute Gasteiger partial charge is 1.00 e. The summed E-state index contributed by atoms with van der Waals surface area (Å²) in [6, 6.07) is 16.3. The second kappa shape index (κ2) is 10.7. The van der Waals surface area contributed by atoms with Gasteiger partial charge in [-0.2, -0.15) is 26.3 Å². The van der Waals surface area contributed by atoms with E-state index in [-0.39, 0.29) is 53.2 Å². The molecule has 0 spiro atoms. The molecule has 0 amide bonds. The molecular weight excluding hydrogens is 630 g/mol. The normalized spacial score (nSPS) is 25.5. The second-order valence-electron chi connectivity index (χ2n) is 9.47. The Kier molecular flexibility index (Phi) is 8.14. The molecule has 204 valence electrons. The van der Waals surface area contributed by atoms with Crippen molar-refractivity contribution in [2.45, 2.75) is 37.3 Å². The minimum atomic E-state index is -4.97. The van der Waals surface area contributed by atoms with Gasteiger partial charge in [-0.25, -0.2) is 4.39 Å².